The predicted molar refractivity (Wildman–Crippen MR) is 125 cm³/mol. The van der Waals surface area contributed by atoms with Crippen molar-refractivity contribution in [2.24, 2.45) is 17.8 Å². The highest BCUT2D eigenvalue weighted by molar-refractivity contribution is 7.89. The number of hydrogen-bond acceptors (Lipinski definition) is 3. The lowest BCUT2D eigenvalue weighted by molar-refractivity contribution is -0.00810. The van der Waals surface area contributed by atoms with Crippen LogP contribution in [0.25, 0.3) is 0 Å². The van der Waals surface area contributed by atoms with Crippen LogP contribution in [0.3, 0.4) is 0 Å². The van der Waals surface area contributed by atoms with E-state index in [0.717, 1.165) is 24.8 Å². The molecule has 2 N–H and O–H groups in total. The van der Waals surface area contributed by atoms with Gasteiger partial charge in [-0.05, 0) is 98.6 Å². The van der Waals surface area contributed by atoms with E-state index < -0.39 is 10.0 Å². The van der Waals surface area contributed by atoms with E-state index in [2.05, 4.69) is 10.0 Å². The molecule has 0 radical (unpaired) electrons. The highest BCUT2D eigenvalue weighted by Gasteiger charge is 2.52. The monoisotopic (exact) mass is 472 g/mol. The van der Waals surface area contributed by atoms with Gasteiger partial charge in [-0.25, -0.2) is 13.1 Å². The minimum atomic E-state index is -3.55. The molecule has 5 nitrogen and oxygen atoms in total. The van der Waals surface area contributed by atoms with Crippen molar-refractivity contribution in [3.8, 4) is 0 Å². The second-order valence-electron chi connectivity index (χ2n) is 9.96. The molecule has 2 aromatic rings. The first-order valence-electron chi connectivity index (χ1n) is 11.5. The maximum absolute atomic E-state index is 13.1. The van der Waals surface area contributed by atoms with Crippen molar-refractivity contribution in [1.82, 2.24) is 10.0 Å². The van der Waals surface area contributed by atoms with Gasteiger partial charge < -0.3 is 5.32 Å². The summed E-state index contributed by atoms with van der Waals surface area (Å²) in [6, 6.07) is 13.8. The van der Waals surface area contributed by atoms with Crippen LogP contribution >= 0.6 is 11.6 Å². The van der Waals surface area contributed by atoms with Crippen LogP contribution in [0.1, 0.15) is 54.4 Å². The summed E-state index contributed by atoms with van der Waals surface area (Å²) in [5.74, 6) is 1.89. The van der Waals surface area contributed by atoms with Crippen LogP contribution < -0.4 is 10.0 Å². The Balaban J connectivity index is 1.18. The summed E-state index contributed by atoms with van der Waals surface area (Å²) in [6.45, 7) is 0.461. The Morgan fingerprint density at radius 2 is 1.59 bits per heavy atom. The van der Waals surface area contributed by atoms with Crippen LogP contribution in [-0.4, -0.2) is 26.4 Å². The first kappa shape index (κ1) is 21.9. The maximum atomic E-state index is 13.1. The molecule has 4 saturated carbocycles. The van der Waals surface area contributed by atoms with Gasteiger partial charge in [0.1, 0.15) is 0 Å². The fourth-order valence-electron chi connectivity index (χ4n) is 6.47. The van der Waals surface area contributed by atoms with Gasteiger partial charge in [-0.3, -0.25) is 4.79 Å². The topological polar surface area (TPSA) is 75.3 Å². The number of amides is 1. The zero-order valence-corrected chi connectivity index (χ0v) is 19.6. The van der Waals surface area contributed by atoms with E-state index in [9.17, 15) is 13.2 Å². The van der Waals surface area contributed by atoms with Crippen molar-refractivity contribution in [3.63, 3.8) is 0 Å². The first-order valence-corrected chi connectivity index (χ1v) is 13.3. The fourth-order valence-corrected chi connectivity index (χ4v) is 8.09. The van der Waals surface area contributed by atoms with Gasteiger partial charge >= 0.3 is 0 Å². The highest BCUT2D eigenvalue weighted by Crippen LogP contribution is 2.55. The smallest absolute Gasteiger partial charge is 0.251 e. The zero-order chi connectivity index (χ0) is 22.3. The SMILES string of the molecule is O=C(NCCc1ccc(S(=O)(=O)NC23CC4CC(CC(C4)C2)C3)cc1)c1cccc(Cl)c1. The Hall–Kier alpha value is -1.89. The molecule has 4 aliphatic carbocycles. The minimum absolute atomic E-state index is 0.175. The lowest BCUT2D eigenvalue weighted by atomic mass is 9.53. The first-order chi connectivity index (χ1) is 15.3. The molecule has 0 aliphatic heterocycles. The summed E-state index contributed by atoms with van der Waals surface area (Å²) in [5, 5.41) is 3.40. The van der Waals surface area contributed by atoms with Crippen LogP contribution in [0.15, 0.2) is 53.4 Å². The Labute approximate surface area is 195 Å². The lowest BCUT2D eigenvalue weighted by Crippen LogP contribution is -2.59. The standard InChI is InChI=1S/C25H29ClN2O3S/c26-22-3-1-2-21(13-22)24(29)27-9-8-17-4-6-23(7-5-17)32(30,31)28-25-14-18-10-19(15-25)12-20(11-18)16-25/h1-7,13,18-20,28H,8-12,14-16H2,(H,27,29). The molecule has 2 aromatic carbocycles. The summed E-state index contributed by atoms with van der Waals surface area (Å²) in [5.41, 5.74) is 1.26. The van der Waals surface area contributed by atoms with E-state index in [1.165, 1.54) is 19.3 Å². The number of rotatable bonds is 7. The van der Waals surface area contributed by atoms with Gasteiger partial charge in [-0.15, -0.1) is 0 Å². The molecule has 7 heteroatoms. The van der Waals surface area contributed by atoms with Gasteiger partial charge in [-0.1, -0.05) is 29.8 Å². The molecular weight excluding hydrogens is 444 g/mol. The molecule has 0 unspecified atom stereocenters. The second-order valence-corrected chi connectivity index (χ2v) is 12.1. The molecule has 0 aromatic heterocycles. The predicted octanol–water partition coefficient (Wildman–Crippen LogP) is 4.56. The third-order valence-corrected chi connectivity index (χ3v) is 9.24. The fraction of sp³-hybridized carbons (Fsp3) is 0.480. The molecule has 0 spiro atoms. The molecular formula is C25H29ClN2O3S. The van der Waals surface area contributed by atoms with Crippen molar-refractivity contribution in [1.29, 1.82) is 0 Å². The van der Waals surface area contributed by atoms with Gasteiger partial charge in [-0.2, -0.15) is 0 Å². The van der Waals surface area contributed by atoms with Crippen LogP contribution in [0.5, 0.6) is 0 Å². The third kappa shape index (κ3) is 4.59. The molecule has 4 fully saturated rings. The maximum Gasteiger partial charge on any atom is 0.251 e. The molecule has 4 aliphatic rings. The van der Waals surface area contributed by atoms with E-state index in [4.69, 9.17) is 11.6 Å². The zero-order valence-electron chi connectivity index (χ0n) is 18.0. The number of benzene rings is 2. The molecule has 32 heavy (non-hydrogen) atoms. The highest BCUT2D eigenvalue weighted by atomic mass is 35.5. The summed E-state index contributed by atoms with van der Waals surface area (Å²) in [7, 11) is -3.55. The Kier molecular flexibility index (Phi) is 5.81. The van der Waals surface area contributed by atoms with E-state index in [1.54, 1.807) is 36.4 Å². The largest absolute Gasteiger partial charge is 0.352 e. The Bertz CT molecular complexity index is 1080. The summed E-state index contributed by atoms with van der Waals surface area (Å²) in [4.78, 5) is 12.5. The van der Waals surface area contributed by atoms with Crippen molar-refractivity contribution >= 4 is 27.5 Å². The molecule has 170 valence electrons. The van der Waals surface area contributed by atoms with Gasteiger partial charge in [0.05, 0.1) is 4.90 Å². The van der Waals surface area contributed by atoms with Crippen molar-refractivity contribution in [3.05, 3.63) is 64.7 Å². The van der Waals surface area contributed by atoms with E-state index in [-0.39, 0.29) is 11.4 Å². The number of halogens is 1. The van der Waals surface area contributed by atoms with Gasteiger partial charge in [0.25, 0.3) is 5.91 Å². The number of nitrogens with one attached hydrogen (secondary N) is 2. The molecule has 1 amide bonds. The Morgan fingerprint density at radius 1 is 0.969 bits per heavy atom. The van der Waals surface area contributed by atoms with E-state index in [1.807, 2.05) is 12.1 Å². The summed E-state index contributed by atoms with van der Waals surface area (Å²) >= 11 is 5.94. The second kappa shape index (κ2) is 8.47. The van der Waals surface area contributed by atoms with E-state index >= 15 is 0 Å². The number of sulfonamides is 1. The van der Waals surface area contributed by atoms with Gasteiger partial charge in [0, 0.05) is 22.7 Å². The van der Waals surface area contributed by atoms with Gasteiger partial charge in [0.15, 0.2) is 0 Å². The normalized spacial score (nSPS) is 28.6. The number of hydrogen-bond donors (Lipinski definition) is 2. The average molecular weight is 473 g/mol. The number of carbonyl (C=O) groups excluding carboxylic acids is 1. The minimum Gasteiger partial charge on any atom is -0.352 e. The molecule has 4 bridgehead atoms. The third-order valence-electron chi connectivity index (χ3n) is 7.41. The van der Waals surface area contributed by atoms with Gasteiger partial charge in [0.2, 0.25) is 10.0 Å². The van der Waals surface area contributed by atoms with Crippen molar-refractivity contribution < 1.29 is 13.2 Å². The quantitative estimate of drug-likeness (QED) is 0.620. The lowest BCUT2D eigenvalue weighted by Gasteiger charge is -2.56. The van der Waals surface area contributed by atoms with Crippen LogP contribution in [0, 0.1) is 17.8 Å². The van der Waals surface area contributed by atoms with Crippen LogP contribution in [0.4, 0.5) is 0 Å². The van der Waals surface area contributed by atoms with Crippen molar-refractivity contribution in [2.45, 2.75) is 55.4 Å². The van der Waals surface area contributed by atoms with Crippen molar-refractivity contribution in [2.75, 3.05) is 6.54 Å². The summed E-state index contributed by atoms with van der Waals surface area (Å²) in [6.07, 6.45) is 7.43. The number of carbonyl (C=O) groups is 1. The van der Waals surface area contributed by atoms with Crippen LogP contribution in [-0.2, 0) is 16.4 Å². The molecule has 0 heterocycles. The molecule has 0 saturated heterocycles. The molecule has 0 atom stereocenters. The Morgan fingerprint density at radius 3 is 2.19 bits per heavy atom. The van der Waals surface area contributed by atoms with E-state index in [0.29, 0.717) is 46.2 Å². The summed E-state index contributed by atoms with van der Waals surface area (Å²) < 4.78 is 29.4. The average Bonchev–Trinajstić information content (AvgIpc) is 2.72. The molecule has 6 rings (SSSR count). The van der Waals surface area contributed by atoms with Crippen LogP contribution in [0.2, 0.25) is 5.02 Å².